The van der Waals surface area contributed by atoms with Crippen molar-refractivity contribution in [1.82, 2.24) is 4.90 Å². The lowest BCUT2D eigenvalue weighted by Gasteiger charge is -2.14. The lowest BCUT2D eigenvalue weighted by atomic mass is 9.96. The van der Waals surface area contributed by atoms with E-state index in [9.17, 15) is 14.7 Å². The van der Waals surface area contributed by atoms with E-state index in [-0.39, 0.29) is 30.5 Å². The molecular weight excluding hydrogens is 464 g/mol. The summed E-state index contributed by atoms with van der Waals surface area (Å²) in [4.78, 5) is 27.6. The number of benzene rings is 4. The van der Waals surface area contributed by atoms with Gasteiger partial charge in [-0.3, -0.25) is 14.5 Å². The number of carbonyl (C=O) groups excluding carboxylic acids is 2. The molecule has 1 aliphatic heterocycles. The summed E-state index contributed by atoms with van der Waals surface area (Å²) in [5, 5.41) is 16.5. The van der Waals surface area contributed by atoms with Gasteiger partial charge in [0.15, 0.2) is 0 Å². The van der Waals surface area contributed by atoms with Crippen molar-refractivity contribution in [2.75, 3.05) is 11.9 Å². The van der Waals surface area contributed by atoms with E-state index in [0.29, 0.717) is 14.9 Å². The van der Waals surface area contributed by atoms with Crippen molar-refractivity contribution in [2.24, 2.45) is 0 Å². The molecule has 0 saturated carbocycles. The molecule has 4 aromatic rings. The number of carbonyl (C=O) groups is 2. The van der Waals surface area contributed by atoms with Gasteiger partial charge in [0, 0.05) is 18.7 Å². The zero-order valence-corrected chi connectivity index (χ0v) is 19.7. The van der Waals surface area contributed by atoms with E-state index in [1.54, 1.807) is 12.1 Å². The zero-order valence-electron chi connectivity index (χ0n) is 18.0. The first-order valence-corrected chi connectivity index (χ1v) is 12.0. The Bertz CT molecular complexity index is 1420. The SMILES string of the molecule is O=C(CCN1C(=O)/C(=C/c2c3ccccc3cc3ccccc23)SC1=S)Nc1ccc(O)cc1. The number of aromatic hydroxyl groups is 1. The molecule has 5 rings (SSSR count). The first-order chi connectivity index (χ1) is 16.5. The molecule has 0 bridgehead atoms. The van der Waals surface area contributed by atoms with Crippen LogP contribution in [0.15, 0.2) is 83.8 Å². The molecule has 4 aromatic carbocycles. The van der Waals surface area contributed by atoms with E-state index in [2.05, 4.69) is 35.6 Å². The number of anilines is 1. The lowest BCUT2D eigenvalue weighted by molar-refractivity contribution is -0.122. The van der Waals surface area contributed by atoms with Crippen molar-refractivity contribution in [1.29, 1.82) is 0 Å². The van der Waals surface area contributed by atoms with Gasteiger partial charge < -0.3 is 10.4 Å². The standard InChI is InChI=1S/C27H20N2O3S2/c30-20-11-9-19(10-12-20)28-25(31)13-14-29-26(32)24(34-27(29)33)16-23-21-7-3-1-5-17(21)15-18-6-2-4-8-22(18)23/h1-12,15-16,30H,13-14H2,(H,28,31)/b24-16-. The molecule has 0 aromatic heterocycles. The van der Waals surface area contributed by atoms with Crippen molar-refractivity contribution in [2.45, 2.75) is 6.42 Å². The number of hydrogen-bond acceptors (Lipinski definition) is 5. The van der Waals surface area contributed by atoms with Crippen LogP contribution in [0.1, 0.15) is 12.0 Å². The third kappa shape index (κ3) is 4.40. The maximum atomic E-state index is 13.2. The number of hydrogen-bond donors (Lipinski definition) is 2. The van der Waals surface area contributed by atoms with Gasteiger partial charge in [-0.25, -0.2) is 0 Å². The second kappa shape index (κ2) is 9.29. The minimum absolute atomic E-state index is 0.109. The Balaban J connectivity index is 1.38. The normalized spacial score (nSPS) is 14.9. The number of rotatable bonds is 5. The van der Waals surface area contributed by atoms with E-state index in [4.69, 9.17) is 12.2 Å². The van der Waals surface area contributed by atoms with Crippen molar-refractivity contribution in [3.05, 3.63) is 89.3 Å². The topological polar surface area (TPSA) is 69.6 Å². The molecule has 0 spiro atoms. The second-order valence-electron chi connectivity index (χ2n) is 7.91. The third-order valence-electron chi connectivity index (χ3n) is 5.68. The fourth-order valence-electron chi connectivity index (χ4n) is 4.01. The monoisotopic (exact) mass is 484 g/mol. The fraction of sp³-hybridized carbons (Fsp3) is 0.0741. The summed E-state index contributed by atoms with van der Waals surface area (Å²) in [7, 11) is 0. The van der Waals surface area contributed by atoms with Gasteiger partial charge in [-0.1, -0.05) is 72.5 Å². The van der Waals surface area contributed by atoms with Gasteiger partial charge in [0.25, 0.3) is 5.91 Å². The first-order valence-electron chi connectivity index (χ1n) is 10.7. The van der Waals surface area contributed by atoms with E-state index < -0.39 is 0 Å². The highest BCUT2D eigenvalue weighted by atomic mass is 32.2. The summed E-state index contributed by atoms with van der Waals surface area (Å²) in [6, 6.07) is 24.6. The van der Waals surface area contributed by atoms with Gasteiger partial charge in [0.1, 0.15) is 10.1 Å². The third-order valence-corrected chi connectivity index (χ3v) is 7.05. The molecule has 1 aliphatic rings. The highest BCUT2D eigenvalue weighted by Crippen LogP contribution is 2.36. The van der Waals surface area contributed by atoms with Crippen molar-refractivity contribution in [3.63, 3.8) is 0 Å². The van der Waals surface area contributed by atoms with Gasteiger partial charge in [-0.2, -0.15) is 0 Å². The van der Waals surface area contributed by atoms with Crippen LogP contribution in [0.4, 0.5) is 5.69 Å². The number of nitrogens with zero attached hydrogens (tertiary/aromatic N) is 1. The largest absolute Gasteiger partial charge is 0.508 e. The predicted molar refractivity (Wildman–Crippen MR) is 143 cm³/mol. The highest BCUT2D eigenvalue weighted by molar-refractivity contribution is 8.26. The molecule has 0 unspecified atom stereocenters. The van der Waals surface area contributed by atoms with E-state index in [0.717, 1.165) is 27.1 Å². The molecule has 2 amide bonds. The summed E-state index contributed by atoms with van der Waals surface area (Å²) in [5.74, 6) is -0.297. The Morgan fingerprint density at radius 1 is 0.971 bits per heavy atom. The summed E-state index contributed by atoms with van der Waals surface area (Å²) in [6.45, 7) is 0.197. The molecule has 34 heavy (non-hydrogen) atoms. The van der Waals surface area contributed by atoms with Gasteiger partial charge in [-0.05, 0) is 63.5 Å². The van der Waals surface area contributed by atoms with Crippen LogP contribution in [0.3, 0.4) is 0 Å². The maximum Gasteiger partial charge on any atom is 0.266 e. The number of phenols is 1. The molecule has 2 N–H and O–H groups in total. The Labute approximate surface area is 206 Å². The van der Waals surface area contributed by atoms with Crippen LogP contribution in [-0.2, 0) is 9.59 Å². The number of nitrogens with one attached hydrogen (secondary N) is 1. The first kappa shape index (κ1) is 22.1. The molecule has 0 atom stereocenters. The molecule has 1 saturated heterocycles. The van der Waals surface area contributed by atoms with Crippen molar-refractivity contribution >= 4 is 73.4 Å². The molecule has 168 valence electrons. The second-order valence-corrected chi connectivity index (χ2v) is 9.59. The molecular formula is C27H20N2O3S2. The smallest absolute Gasteiger partial charge is 0.266 e. The molecule has 7 heteroatoms. The highest BCUT2D eigenvalue weighted by Gasteiger charge is 2.32. The predicted octanol–water partition coefficient (Wildman–Crippen LogP) is 5.93. The van der Waals surface area contributed by atoms with Crippen LogP contribution in [0.5, 0.6) is 5.75 Å². The number of thiocarbonyl (C=S) groups is 1. The van der Waals surface area contributed by atoms with E-state index in [1.165, 1.54) is 28.8 Å². The molecule has 1 heterocycles. The number of amides is 2. The summed E-state index contributed by atoms with van der Waals surface area (Å²) < 4.78 is 0.443. The quantitative estimate of drug-likeness (QED) is 0.159. The minimum atomic E-state index is -0.233. The molecule has 1 fully saturated rings. The Morgan fingerprint density at radius 2 is 1.59 bits per heavy atom. The van der Waals surface area contributed by atoms with Crippen LogP contribution >= 0.6 is 24.0 Å². The van der Waals surface area contributed by atoms with Crippen LogP contribution in [0.2, 0.25) is 0 Å². The summed E-state index contributed by atoms with van der Waals surface area (Å²) >= 11 is 6.73. The number of thioether (sulfide) groups is 1. The average Bonchev–Trinajstić information content (AvgIpc) is 3.11. The van der Waals surface area contributed by atoms with Crippen LogP contribution < -0.4 is 5.32 Å². The molecule has 5 nitrogen and oxygen atoms in total. The van der Waals surface area contributed by atoms with Crippen molar-refractivity contribution in [3.8, 4) is 5.75 Å². The van der Waals surface area contributed by atoms with Gasteiger partial charge >= 0.3 is 0 Å². The van der Waals surface area contributed by atoms with Gasteiger partial charge in [0.2, 0.25) is 5.91 Å². The minimum Gasteiger partial charge on any atom is -0.508 e. The Kier molecular flexibility index (Phi) is 6.04. The van der Waals surface area contributed by atoms with Gasteiger partial charge in [-0.15, -0.1) is 0 Å². The zero-order chi connectivity index (χ0) is 23.7. The number of phenolic OH excluding ortho intramolecular Hbond substituents is 1. The maximum absolute atomic E-state index is 13.2. The molecule has 0 aliphatic carbocycles. The Hall–Kier alpha value is -3.68. The van der Waals surface area contributed by atoms with E-state index >= 15 is 0 Å². The summed E-state index contributed by atoms with van der Waals surface area (Å²) in [5.41, 5.74) is 1.56. The van der Waals surface area contributed by atoms with Crippen LogP contribution in [0.25, 0.3) is 27.6 Å². The van der Waals surface area contributed by atoms with Crippen LogP contribution in [-0.4, -0.2) is 32.7 Å². The van der Waals surface area contributed by atoms with Crippen LogP contribution in [0, 0.1) is 0 Å². The Morgan fingerprint density at radius 3 is 2.24 bits per heavy atom. The summed E-state index contributed by atoms with van der Waals surface area (Å²) in [6.07, 6.45) is 2.03. The van der Waals surface area contributed by atoms with Crippen molar-refractivity contribution < 1.29 is 14.7 Å². The average molecular weight is 485 g/mol. The van der Waals surface area contributed by atoms with E-state index in [1.807, 2.05) is 30.3 Å². The van der Waals surface area contributed by atoms with Gasteiger partial charge in [0.05, 0.1) is 4.91 Å². The number of fused-ring (bicyclic) bond motifs is 2. The fourth-order valence-corrected chi connectivity index (χ4v) is 5.30. The molecule has 0 radical (unpaired) electrons. The lowest BCUT2D eigenvalue weighted by Crippen LogP contribution is -2.31.